The first-order valence-corrected chi connectivity index (χ1v) is 11.3. The quantitative estimate of drug-likeness (QED) is 0.600. The van der Waals surface area contributed by atoms with Crippen molar-refractivity contribution in [2.24, 2.45) is 23.2 Å². The molecule has 1 aromatic rings. The van der Waals surface area contributed by atoms with E-state index in [-0.39, 0.29) is 29.3 Å². The summed E-state index contributed by atoms with van der Waals surface area (Å²) in [5.41, 5.74) is 1.05. The number of nitrogens with zero attached hydrogens (tertiary/aromatic N) is 4. The maximum Gasteiger partial charge on any atom is 0.311 e. The Morgan fingerprint density at radius 3 is 2.70 bits per heavy atom. The Balaban J connectivity index is 1.28. The summed E-state index contributed by atoms with van der Waals surface area (Å²) in [7, 11) is 0. The lowest BCUT2D eigenvalue weighted by atomic mass is 9.55. The van der Waals surface area contributed by atoms with Crippen molar-refractivity contribution in [3.05, 3.63) is 30.1 Å². The summed E-state index contributed by atoms with van der Waals surface area (Å²) in [6.07, 6.45) is 8.04. The fourth-order valence-electron chi connectivity index (χ4n) is 6.14. The van der Waals surface area contributed by atoms with E-state index in [1.807, 2.05) is 6.07 Å². The van der Waals surface area contributed by atoms with Crippen molar-refractivity contribution in [2.45, 2.75) is 45.3 Å². The number of esters is 1. The van der Waals surface area contributed by atoms with Gasteiger partial charge in [0.05, 0.1) is 12.0 Å². The monoisotopic (exact) mass is 412 g/mol. The molecule has 6 atom stereocenters. The molecule has 2 aliphatic heterocycles. The van der Waals surface area contributed by atoms with Crippen LogP contribution in [0.15, 0.2) is 30.1 Å². The Hall–Kier alpha value is -1.99. The molecule has 1 aromatic heterocycles. The Morgan fingerprint density at radius 1 is 1.23 bits per heavy atom. The summed E-state index contributed by atoms with van der Waals surface area (Å²) in [6.45, 7) is 8.48. The molecule has 0 amide bonds. The minimum atomic E-state index is -0.534. The van der Waals surface area contributed by atoms with Gasteiger partial charge in [-0.2, -0.15) is 0 Å². The van der Waals surface area contributed by atoms with Gasteiger partial charge in [-0.25, -0.2) is 9.97 Å². The van der Waals surface area contributed by atoms with Gasteiger partial charge in [-0.05, 0) is 24.8 Å². The summed E-state index contributed by atoms with van der Waals surface area (Å²) in [5, 5.41) is 11.5. The first-order chi connectivity index (χ1) is 14.5. The van der Waals surface area contributed by atoms with Gasteiger partial charge < -0.3 is 14.7 Å². The third-order valence-electron chi connectivity index (χ3n) is 8.23. The molecule has 0 unspecified atom stereocenters. The van der Waals surface area contributed by atoms with E-state index in [1.54, 1.807) is 12.4 Å². The van der Waals surface area contributed by atoms with Gasteiger partial charge in [-0.15, -0.1) is 0 Å². The summed E-state index contributed by atoms with van der Waals surface area (Å²) in [4.78, 5) is 26.0. The Labute approximate surface area is 178 Å². The number of allylic oxidation sites excluding steroid dienone is 1. The van der Waals surface area contributed by atoms with Crippen LogP contribution in [0.5, 0.6) is 0 Å². The van der Waals surface area contributed by atoms with Crippen molar-refractivity contribution in [1.82, 2.24) is 14.9 Å². The topological polar surface area (TPSA) is 78.8 Å². The number of hydrogen-bond donors (Lipinski definition) is 1. The van der Waals surface area contributed by atoms with E-state index in [9.17, 15) is 9.90 Å². The molecule has 1 saturated carbocycles. The molecule has 0 aromatic carbocycles. The number of rotatable bonds is 3. The van der Waals surface area contributed by atoms with Gasteiger partial charge in [0.1, 0.15) is 6.10 Å². The van der Waals surface area contributed by atoms with Crippen molar-refractivity contribution in [3.8, 4) is 0 Å². The molecule has 2 saturated heterocycles. The highest BCUT2D eigenvalue weighted by atomic mass is 16.6. The summed E-state index contributed by atoms with van der Waals surface area (Å²) >= 11 is 0. The highest BCUT2D eigenvalue weighted by Gasteiger charge is 2.59. The number of piperazine rings is 1. The molecular weight excluding hydrogens is 380 g/mol. The van der Waals surface area contributed by atoms with Gasteiger partial charge in [0, 0.05) is 62.9 Å². The molecule has 3 fully saturated rings. The number of fused-ring (bicyclic) bond motifs is 2. The molecule has 0 radical (unpaired) electrons. The van der Waals surface area contributed by atoms with E-state index in [0.29, 0.717) is 12.5 Å². The van der Waals surface area contributed by atoms with Crippen LogP contribution in [0.2, 0.25) is 0 Å². The van der Waals surface area contributed by atoms with E-state index in [4.69, 9.17) is 4.74 Å². The Morgan fingerprint density at radius 2 is 1.97 bits per heavy atom. The second-order valence-electron chi connectivity index (χ2n) is 9.64. The van der Waals surface area contributed by atoms with Crippen LogP contribution in [0.1, 0.15) is 33.1 Å². The van der Waals surface area contributed by atoms with Crippen LogP contribution in [-0.2, 0) is 9.53 Å². The number of carbonyl (C=O) groups is 1. The lowest BCUT2D eigenvalue weighted by Crippen LogP contribution is -2.55. The number of ether oxygens (including phenoxy) is 1. The van der Waals surface area contributed by atoms with Crippen molar-refractivity contribution in [2.75, 3.05) is 37.6 Å². The number of aromatic nitrogens is 2. The van der Waals surface area contributed by atoms with Crippen LogP contribution in [-0.4, -0.2) is 70.9 Å². The first kappa shape index (κ1) is 19.9. The van der Waals surface area contributed by atoms with Crippen LogP contribution in [0.25, 0.3) is 0 Å². The van der Waals surface area contributed by atoms with Crippen LogP contribution in [0, 0.1) is 23.2 Å². The second-order valence-corrected chi connectivity index (χ2v) is 9.64. The molecule has 5 rings (SSSR count). The zero-order valence-corrected chi connectivity index (χ0v) is 17.9. The predicted octanol–water partition coefficient (Wildman–Crippen LogP) is 1.88. The molecule has 4 aliphatic rings. The summed E-state index contributed by atoms with van der Waals surface area (Å²) in [6, 6.07) is 1.83. The van der Waals surface area contributed by atoms with Gasteiger partial charge in [0.25, 0.3) is 0 Å². The maximum absolute atomic E-state index is 12.8. The zero-order valence-electron chi connectivity index (χ0n) is 17.9. The lowest BCUT2D eigenvalue weighted by Gasteiger charge is -2.52. The van der Waals surface area contributed by atoms with Crippen molar-refractivity contribution >= 4 is 11.9 Å². The fourth-order valence-corrected chi connectivity index (χ4v) is 6.14. The number of aliphatic hydroxyl groups excluding tert-OH is 1. The molecule has 7 nitrogen and oxygen atoms in total. The van der Waals surface area contributed by atoms with E-state index >= 15 is 0 Å². The van der Waals surface area contributed by atoms with Crippen molar-refractivity contribution in [3.63, 3.8) is 0 Å². The fraction of sp³-hybridized carbons (Fsp3) is 0.696. The molecule has 0 spiro atoms. The number of hydrogen-bond acceptors (Lipinski definition) is 7. The van der Waals surface area contributed by atoms with E-state index in [0.717, 1.165) is 51.4 Å². The largest absolute Gasteiger partial charge is 0.461 e. The third kappa shape index (κ3) is 3.14. The van der Waals surface area contributed by atoms with Gasteiger partial charge in [0.2, 0.25) is 5.95 Å². The predicted molar refractivity (Wildman–Crippen MR) is 113 cm³/mol. The Kier molecular flexibility index (Phi) is 5.06. The number of carbonyl (C=O) groups excluding carboxylic acids is 1. The number of aliphatic hydroxyl groups is 1. The van der Waals surface area contributed by atoms with Gasteiger partial charge in [0.15, 0.2) is 0 Å². The van der Waals surface area contributed by atoms with Gasteiger partial charge >= 0.3 is 5.97 Å². The number of anilines is 1. The van der Waals surface area contributed by atoms with E-state index in [2.05, 4.69) is 39.7 Å². The highest BCUT2D eigenvalue weighted by Crippen LogP contribution is 2.56. The summed E-state index contributed by atoms with van der Waals surface area (Å²) in [5.74, 6) is 0.680. The van der Waals surface area contributed by atoms with Crippen LogP contribution in [0.3, 0.4) is 0 Å². The smallest absolute Gasteiger partial charge is 0.311 e. The molecule has 2 aliphatic carbocycles. The molecule has 7 heteroatoms. The first-order valence-electron chi connectivity index (χ1n) is 11.3. The maximum atomic E-state index is 12.8. The van der Waals surface area contributed by atoms with Gasteiger partial charge in [-0.1, -0.05) is 25.5 Å². The van der Waals surface area contributed by atoms with E-state index in [1.165, 1.54) is 5.57 Å². The van der Waals surface area contributed by atoms with Crippen LogP contribution >= 0.6 is 0 Å². The van der Waals surface area contributed by atoms with E-state index < -0.39 is 6.10 Å². The minimum Gasteiger partial charge on any atom is -0.461 e. The third-order valence-corrected chi connectivity index (χ3v) is 8.23. The van der Waals surface area contributed by atoms with Gasteiger partial charge in [-0.3, -0.25) is 9.69 Å². The lowest BCUT2D eigenvalue weighted by molar-refractivity contribution is -0.145. The second kappa shape index (κ2) is 7.61. The molecule has 0 bridgehead atoms. The normalized spacial score (nSPS) is 39.2. The molecule has 1 N–H and O–H groups in total. The molecule has 30 heavy (non-hydrogen) atoms. The SMILES string of the molecule is C[C@H]1CCC=C2C[C@H]3OC(=O)[C@@H](CN4CCN(c5ncccn5)CC4)[C@H]3[C@@H](O)[C@@]21C. The van der Waals surface area contributed by atoms with Crippen molar-refractivity contribution < 1.29 is 14.6 Å². The van der Waals surface area contributed by atoms with Crippen LogP contribution in [0.4, 0.5) is 5.95 Å². The zero-order chi connectivity index (χ0) is 20.9. The highest BCUT2D eigenvalue weighted by molar-refractivity contribution is 5.76. The standard InChI is InChI=1S/C23H32N4O3/c1-15-5-3-6-16-13-18-19(20(28)23(15,16)2)17(21(29)30-18)14-26-9-11-27(12-10-26)22-24-7-4-8-25-22/h4,6-8,15,17-20,28H,3,5,9-14H2,1-2H3/t15-,17-,18+,19+,20+,23+/m0/s1. The van der Waals surface area contributed by atoms with Crippen molar-refractivity contribution in [1.29, 1.82) is 0 Å². The minimum absolute atomic E-state index is 0.115. The molecule has 162 valence electrons. The average molecular weight is 413 g/mol. The summed E-state index contributed by atoms with van der Waals surface area (Å²) < 4.78 is 5.81. The van der Waals surface area contributed by atoms with Crippen LogP contribution < -0.4 is 4.90 Å². The Bertz CT molecular complexity index is 823. The molecule has 3 heterocycles. The molecular formula is C23H32N4O3. The average Bonchev–Trinajstić information content (AvgIpc) is 3.07.